The van der Waals surface area contributed by atoms with Gasteiger partial charge in [-0.25, -0.2) is 0 Å². The first-order chi connectivity index (χ1) is 7.84. The van der Waals surface area contributed by atoms with Crippen molar-refractivity contribution in [1.82, 2.24) is 15.1 Å². The molecule has 1 aromatic heterocycles. The van der Waals surface area contributed by atoms with E-state index < -0.39 is 0 Å². The van der Waals surface area contributed by atoms with Crippen LogP contribution in [0.4, 0.5) is 0 Å². The van der Waals surface area contributed by atoms with Gasteiger partial charge in [-0.05, 0) is 19.8 Å². The van der Waals surface area contributed by atoms with Crippen molar-refractivity contribution in [1.29, 1.82) is 0 Å². The summed E-state index contributed by atoms with van der Waals surface area (Å²) in [7, 11) is 0. The van der Waals surface area contributed by atoms with Crippen LogP contribution in [-0.2, 0) is 0 Å². The van der Waals surface area contributed by atoms with E-state index in [0.717, 1.165) is 23.0 Å². The van der Waals surface area contributed by atoms with E-state index in [1.54, 1.807) is 0 Å². The molecule has 98 valence electrons. The third kappa shape index (κ3) is 3.46. The summed E-state index contributed by atoms with van der Waals surface area (Å²) in [5, 5.41) is 8.82. The van der Waals surface area contributed by atoms with E-state index in [9.17, 15) is 0 Å². The largest absolute Gasteiger partial charge is 0.312 e. The van der Waals surface area contributed by atoms with E-state index in [2.05, 4.69) is 42.8 Å². The van der Waals surface area contributed by atoms with E-state index >= 15 is 0 Å². The number of hydrogen-bond acceptors (Lipinski definition) is 2. The SMILES string of the molecule is Cc1nn(C(CNC(C)C)C(C)C)c(C)c1Cl. The fraction of sp³-hybridized carbons (Fsp3) is 0.769. The summed E-state index contributed by atoms with van der Waals surface area (Å²) in [5.41, 5.74) is 1.98. The number of nitrogens with one attached hydrogen (secondary N) is 1. The zero-order valence-electron chi connectivity index (χ0n) is 11.7. The fourth-order valence-electron chi connectivity index (χ4n) is 1.93. The first kappa shape index (κ1) is 14.5. The average Bonchev–Trinajstić information content (AvgIpc) is 2.46. The average molecular weight is 258 g/mol. The Balaban J connectivity index is 2.93. The molecule has 0 radical (unpaired) electrons. The lowest BCUT2D eigenvalue weighted by molar-refractivity contribution is 0.316. The van der Waals surface area contributed by atoms with Gasteiger partial charge < -0.3 is 5.32 Å². The molecule has 0 saturated heterocycles. The zero-order valence-corrected chi connectivity index (χ0v) is 12.5. The Morgan fingerprint density at radius 2 is 1.82 bits per heavy atom. The standard InChI is InChI=1S/C13H24ClN3/c1-8(2)12(7-15-9(3)4)17-11(6)13(14)10(5)16-17/h8-9,12,15H,7H2,1-6H3. The maximum Gasteiger partial charge on any atom is 0.0844 e. The second-order valence-corrected chi connectivity index (χ2v) is 5.68. The molecule has 0 saturated carbocycles. The molecule has 0 spiro atoms. The maximum absolute atomic E-state index is 6.21. The van der Waals surface area contributed by atoms with Crippen molar-refractivity contribution >= 4 is 11.6 Å². The summed E-state index contributed by atoms with van der Waals surface area (Å²) in [5.74, 6) is 0.523. The summed E-state index contributed by atoms with van der Waals surface area (Å²) >= 11 is 6.21. The van der Waals surface area contributed by atoms with Crippen molar-refractivity contribution in [2.45, 2.75) is 53.6 Å². The molecule has 0 aliphatic rings. The van der Waals surface area contributed by atoms with Crippen LogP contribution in [0.2, 0.25) is 5.02 Å². The molecule has 1 unspecified atom stereocenters. The molecule has 4 heteroatoms. The predicted octanol–water partition coefficient (Wildman–Crippen LogP) is 3.35. The molecule has 0 bridgehead atoms. The van der Waals surface area contributed by atoms with Gasteiger partial charge in [0, 0.05) is 12.6 Å². The monoisotopic (exact) mass is 257 g/mol. The molecule has 0 aromatic carbocycles. The van der Waals surface area contributed by atoms with Gasteiger partial charge in [0.05, 0.1) is 22.5 Å². The van der Waals surface area contributed by atoms with E-state index in [-0.39, 0.29) is 0 Å². The van der Waals surface area contributed by atoms with Crippen LogP contribution in [0.1, 0.15) is 45.1 Å². The summed E-state index contributed by atoms with van der Waals surface area (Å²) in [4.78, 5) is 0. The molecule has 1 heterocycles. The van der Waals surface area contributed by atoms with Gasteiger partial charge in [-0.2, -0.15) is 5.10 Å². The third-order valence-electron chi connectivity index (χ3n) is 3.06. The number of aryl methyl sites for hydroxylation is 1. The van der Waals surface area contributed by atoms with Gasteiger partial charge in [0.2, 0.25) is 0 Å². The highest BCUT2D eigenvalue weighted by Crippen LogP contribution is 2.25. The highest BCUT2D eigenvalue weighted by atomic mass is 35.5. The van der Waals surface area contributed by atoms with Gasteiger partial charge in [0.25, 0.3) is 0 Å². The van der Waals surface area contributed by atoms with E-state index in [0.29, 0.717) is 18.0 Å². The summed E-state index contributed by atoms with van der Waals surface area (Å²) in [6.45, 7) is 13.7. The van der Waals surface area contributed by atoms with Crippen LogP contribution < -0.4 is 5.32 Å². The van der Waals surface area contributed by atoms with Crippen molar-refractivity contribution in [3.8, 4) is 0 Å². The molecule has 0 aliphatic carbocycles. The quantitative estimate of drug-likeness (QED) is 0.877. The van der Waals surface area contributed by atoms with Crippen LogP contribution in [0, 0.1) is 19.8 Å². The van der Waals surface area contributed by atoms with E-state index in [1.807, 2.05) is 13.8 Å². The first-order valence-electron chi connectivity index (χ1n) is 6.29. The Morgan fingerprint density at radius 1 is 1.24 bits per heavy atom. The number of rotatable bonds is 5. The minimum atomic E-state index is 0.351. The maximum atomic E-state index is 6.21. The molecule has 1 aromatic rings. The van der Waals surface area contributed by atoms with Crippen molar-refractivity contribution in [3.63, 3.8) is 0 Å². The second kappa shape index (κ2) is 5.87. The first-order valence-corrected chi connectivity index (χ1v) is 6.67. The molecular formula is C13H24ClN3. The number of halogens is 1. The van der Waals surface area contributed by atoms with Crippen molar-refractivity contribution in [2.75, 3.05) is 6.54 Å². The molecule has 0 aliphatic heterocycles. The van der Waals surface area contributed by atoms with Gasteiger partial charge in [-0.3, -0.25) is 4.68 Å². The van der Waals surface area contributed by atoms with Crippen molar-refractivity contribution < 1.29 is 0 Å². The Labute approximate surface area is 110 Å². The smallest absolute Gasteiger partial charge is 0.0844 e. The van der Waals surface area contributed by atoms with Crippen molar-refractivity contribution in [3.05, 3.63) is 16.4 Å². The Kier molecular flexibility index (Phi) is 5.02. The Morgan fingerprint density at radius 3 is 2.18 bits per heavy atom. The summed E-state index contributed by atoms with van der Waals surface area (Å²) < 4.78 is 2.07. The topological polar surface area (TPSA) is 29.9 Å². The van der Waals surface area contributed by atoms with Crippen LogP contribution >= 0.6 is 11.6 Å². The van der Waals surface area contributed by atoms with Gasteiger partial charge >= 0.3 is 0 Å². The van der Waals surface area contributed by atoms with Crippen LogP contribution in [0.3, 0.4) is 0 Å². The minimum Gasteiger partial charge on any atom is -0.312 e. The second-order valence-electron chi connectivity index (χ2n) is 5.30. The fourth-order valence-corrected chi connectivity index (χ4v) is 2.05. The van der Waals surface area contributed by atoms with E-state index in [1.165, 1.54) is 0 Å². The minimum absolute atomic E-state index is 0.351. The van der Waals surface area contributed by atoms with Crippen LogP contribution in [0.5, 0.6) is 0 Å². The highest BCUT2D eigenvalue weighted by molar-refractivity contribution is 6.31. The summed E-state index contributed by atoms with van der Waals surface area (Å²) in [6, 6.07) is 0.840. The molecule has 1 rings (SSSR count). The lowest BCUT2D eigenvalue weighted by Gasteiger charge is -2.24. The van der Waals surface area contributed by atoms with Gasteiger partial charge in [0.15, 0.2) is 0 Å². The molecule has 17 heavy (non-hydrogen) atoms. The Hall–Kier alpha value is -0.540. The normalized spacial score (nSPS) is 13.7. The van der Waals surface area contributed by atoms with Gasteiger partial charge in [-0.15, -0.1) is 0 Å². The molecule has 3 nitrogen and oxygen atoms in total. The zero-order chi connectivity index (χ0) is 13.2. The van der Waals surface area contributed by atoms with E-state index in [4.69, 9.17) is 11.6 Å². The lowest BCUT2D eigenvalue weighted by atomic mass is 10.0. The summed E-state index contributed by atoms with van der Waals surface area (Å²) in [6.07, 6.45) is 0. The molecule has 1 atom stereocenters. The molecule has 0 fully saturated rings. The molecule has 0 amide bonds. The number of aromatic nitrogens is 2. The van der Waals surface area contributed by atoms with Crippen LogP contribution in [0.25, 0.3) is 0 Å². The van der Waals surface area contributed by atoms with Crippen LogP contribution in [-0.4, -0.2) is 22.4 Å². The predicted molar refractivity (Wildman–Crippen MR) is 73.7 cm³/mol. The van der Waals surface area contributed by atoms with Crippen LogP contribution in [0.15, 0.2) is 0 Å². The Bertz CT molecular complexity index is 369. The third-order valence-corrected chi connectivity index (χ3v) is 3.60. The molecule has 1 N–H and O–H groups in total. The lowest BCUT2D eigenvalue weighted by Crippen LogP contribution is -2.33. The van der Waals surface area contributed by atoms with Crippen molar-refractivity contribution in [2.24, 2.45) is 5.92 Å². The molecular weight excluding hydrogens is 234 g/mol. The number of nitrogens with zero attached hydrogens (tertiary/aromatic N) is 2. The highest BCUT2D eigenvalue weighted by Gasteiger charge is 2.20. The number of hydrogen-bond donors (Lipinski definition) is 1. The van der Waals surface area contributed by atoms with Gasteiger partial charge in [-0.1, -0.05) is 39.3 Å². The van der Waals surface area contributed by atoms with Gasteiger partial charge in [0.1, 0.15) is 0 Å².